The van der Waals surface area contributed by atoms with Crippen LogP contribution in [0.25, 0.3) is 0 Å². The molecule has 0 unspecified atom stereocenters. The lowest BCUT2D eigenvalue weighted by Crippen LogP contribution is -2.28. The molecule has 2 aromatic carbocycles. The summed E-state index contributed by atoms with van der Waals surface area (Å²) in [6.45, 7) is 0. The number of aliphatic imine (C=N–C) groups is 1. The van der Waals surface area contributed by atoms with Gasteiger partial charge in [-0.1, -0.05) is 23.7 Å². The summed E-state index contributed by atoms with van der Waals surface area (Å²) >= 11 is 5.77. The molecule has 0 fully saturated rings. The van der Waals surface area contributed by atoms with Gasteiger partial charge in [-0.2, -0.15) is 10.5 Å². The lowest BCUT2D eigenvalue weighted by Gasteiger charge is -2.10. The van der Waals surface area contributed by atoms with E-state index in [0.717, 1.165) is 12.1 Å². The summed E-state index contributed by atoms with van der Waals surface area (Å²) < 4.78 is 40.2. The Kier molecular flexibility index (Phi) is 7.39. The van der Waals surface area contributed by atoms with Gasteiger partial charge in [0.25, 0.3) is 0 Å². The van der Waals surface area contributed by atoms with Gasteiger partial charge in [0.1, 0.15) is 17.9 Å². The number of urea groups is 1. The molecule has 2 N–H and O–H groups in total. The van der Waals surface area contributed by atoms with E-state index in [-0.39, 0.29) is 11.4 Å². The Morgan fingerprint density at radius 1 is 1.07 bits per heavy atom. The van der Waals surface area contributed by atoms with Crippen LogP contribution in [0.4, 0.5) is 23.7 Å². The molecule has 0 aliphatic heterocycles. The monoisotopic (exact) mass is 433 g/mol. The van der Waals surface area contributed by atoms with Crippen LogP contribution in [0.15, 0.2) is 64.9 Å². The van der Waals surface area contributed by atoms with Crippen LogP contribution in [0.5, 0.6) is 5.75 Å². The van der Waals surface area contributed by atoms with Gasteiger partial charge in [0.2, 0.25) is 0 Å². The molecule has 0 atom stereocenters. The number of hydrogen-bond acceptors (Lipinski definition) is 5. The number of ether oxygens (including phenoxy) is 1. The van der Waals surface area contributed by atoms with E-state index < -0.39 is 23.8 Å². The number of halogens is 4. The fraction of sp³-hybridized carbons (Fsp3) is 0.0526. The Balaban J connectivity index is 2.07. The molecule has 0 saturated carbocycles. The maximum atomic E-state index is 12.2. The van der Waals surface area contributed by atoms with Gasteiger partial charge in [-0.25, -0.2) is 9.79 Å². The fourth-order valence-electron chi connectivity index (χ4n) is 1.99. The zero-order chi connectivity index (χ0) is 22.1. The number of hydrogen-bond donors (Lipinski definition) is 2. The average Bonchev–Trinajstić information content (AvgIpc) is 2.69. The predicted octanol–water partition coefficient (Wildman–Crippen LogP) is 4.74. The normalized spacial score (nSPS) is 11.8. The molecule has 11 heteroatoms. The first-order chi connectivity index (χ1) is 14.2. The molecule has 0 saturated heterocycles. The van der Waals surface area contributed by atoms with Gasteiger partial charge in [0.15, 0.2) is 11.4 Å². The summed E-state index contributed by atoms with van der Waals surface area (Å²) in [7, 11) is 0. The summed E-state index contributed by atoms with van der Waals surface area (Å²) in [5, 5.41) is 23.4. The lowest BCUT2D eigenvalue weighted by molar-refractivity contribution is -0.274. The van der Waals surface area contributed by atoms with E-state index in [1.54, 1.807) is 36.4 Å². The number of benzene rings is 2. The van der Waals surface area contributed by atoms with Gasteiger partial charge >= 0.3 is 12.4 Å². The number of alkyl halides is 3. The number of amides is 2. The second-order valence-electron chi connectivity index (χ2n) is 5.41. The number of anilines is 1. The highest BCUT2D eigenvalue weighted by molar-refractivity contribution is 6.30. The maximum absolute atomic E-state index is 12.2. The zero-order valence-electron chi connectivity index (χ0n) is 14.9. The van der Waals surface area contributed by atoms with Crippen molar-refractivity contribution in [3.8, 4) is 17.9 Å². The Morgan fingerprint density at radius 3 is 2.23 bits per heavy atom. The lowest BCUT2D eigenvalue weighted by atomic mass is 10.2. The number of rotatable bonds is 5. The van der Waals surface area contributed by atoms with Crippen molar-refractivity contribution in [2.75, 3.05) is 5.32 Å². The van der Waals surface area contributed by atoms with Gasteiger partial charge < -0.3 is 10.1 Å². The standard InChI is InChI=1S/C19H11ClF3N5O2/c20-13-3-1-12(2-4-13)11-26-16(9-24)17(10-25)28-18(29)27-14-5-7-15(8-6-14)30-19(21,22)23/h1-8,11H,(H2,27,28,29)/b17-16-,26-11?. The van der Waals surface area contributed by atoms with Gasteiger partial charge in [0, 0.05) is 16.9 Å². The Hall–Kier alpha value is -4.02. The molecule has 0 heterocycles. The summed E-state index contributed by atoms with van der Waals surface area (Å²) in [6.07, 6.45) is -3.52. The van der Waals surface area contributed by atoms with Crippen LogP contribution in [-0.2, 0) is 0 Å². The van der Waals surface area contributed by atoms with Crippen LogP contribution >= 0.6 is 11.6 Å². The minimum Gasteiger partial charge on any atom is -0.406 e. The van der Waals surface area contributed by atoms with Crippen molar-refractivity contribution >= 4 is 29.5 Å². The first-order valence-electron chi connectivity index (χ1n) is 7.98. The summed E-state index contributed by atoms with van der Waals surface area (Å²) in [4.78, 5) is 15.9. The summed E-state index contributed by atoms with van der Waals surface area (Å²) in [5.41, 5.74) is -0.0358. The minimum absolute atomic E-state index is 0.127. The second-order valence-corrected chi connectivity index (χ2v) is 5.84. The second kappa shape index (κ2) is 9.96. The molecular formula is C19H11ClF3N5O2. The smallest absolute Gasteiger partial charge is 0.406 e. The predicted molar refractivity (Wildman–Crippen MR) is 103 cm³/mol. The molecule has 0 bridgehead atoms. The molecule has 30 heavy (non-hydrogen) atoms. The molecule has 0 spiro atoms. The molecule has 0 radical (unpaired) electrons. The van der Waals surface area contributed by atoms with Crippen LogP contribution < -0.4 is 15.4 Å². The Morgan fingerprint density at radius 2 is 1.70 bits per heavy atom. The van der Waals surface area contributed by atoms with Crippen LogP contribution in [-0.4, -0.2) is 18.6 Å². The summed E-state index contributed by atoms with van der Waals surface area (Å²) in [6, 6.07) is 13.3. The third kappa shape index (κ3) is 7.19. The average molecular weight is 434 g/mol. The number of nitriles is 2. The minimum atomic E-state index is -4.83. The van der Waals surface area contributed by atoms with Crippen molar-refractivity contribution in [2.24, 2.45) is 4.99 Å². The number of allylic oxidation sites excluding steroid dienone is 2. The highest BCUT2D eigenvalue weighted by Crippen LogP contribution is 2.23. The van der Waals surface area contributed by atoms with Crippen molar-refractivity contribution in [2.45, 2.75) is 6.36 Å². The van der Waals surface area contributed by atoms with Gasteiger partial charge in [-0.15, -0.1) is 13.2 Å². The highest BCUT2D eigenvalue weighted by Gasteiger charge is 2.30. The van der Waals surface area contributed by atoms with Gasteiger partial charge in [0.05, 0.1) is 0 Å². The van der Waals surface area contributed by atoms with Crippen LogP contribution in [0.3, 0.4) is 0 Å². The zero-order valence-corrected chi connectivity index (χ0v) is 15.6. The van der Waals surface area contributed by atoms with E-state index in [1.807, 2.05) is 0 Å². The Labute approximate surface area is 173 Å². The number of nitrogens with one attached hydrogen (secondary N) is 2. The quantitative estimate of drug-likeness (QED) is 0.524. The number of nitrogens with zero attached hydrogens (tertiary/aromatic N) is 3. The summed E-state index contributed by atoms with van der Waals surface area (Å²) in [5.74, 6) is -0.464. The molecule has 0 aliphatic carbocycles. The first-order valence-corrected chi connectivity index (χ1v) is 8.36. The fourth-order valence-corrected chi connectivity index (χ4v) is 2.12. The van der Waals surface area contributed by atoms with E-state index in [2.05, 4.69) is 20.4 Å². The number of carbonyl (C=O) groups excluding carboxylic acids is 1. The van der Waals surface area contributed by atoms with E-state index in [9.17, 15) is 28.5 Å². The van der Waals surface area contributed by atoms with Crippen molar-refractivity contribution in [1.29, 1.82) is 10.5 Å². The van der Waals surface area contributed by atoms with Crippen molar-refractivity contribution < 1.29 is 22.7 Å². The van der Waals surface area contributed by atoms with Crippen LogP contribution in [0.2, 0.25) is 5.02 Å². The van der Waals surface area contributed by atoms with Crippen LogP contribution in [0.1, 0.15) is 5.56 Å². The van der Waals surface area contributed by atoms with E-state index in [4.69, 9.17) is 11.6 Å². The number of carbonyl (C=O) groups is 1. The van der Waals surface area contributed by atoms with Crippen molar-refractivity contribution in [1.82, 2.24) is 5.32 Å². The van der Waals surface area contributed by atoms with Crippen molar-refractivity contribution in [3.63, 3.8) is 0 Å². The topological polar surface area (TPSA) is 110 Å². The molecule has 2 amide bonds. The highest BCUT2D eigenvalue weighted by atomic mass is 35.5. The molecule has 152 valence electrons. The van der Waals surface area contributed by atoms with Crippen molar-refractivity contribution in [3.05, 3.63) is 70.5 Å². The molecule has 0 aliphatic rings. The molecule has 0 aromatic heterocycles. The van der Waals surface area contributed by atoms with E-state index in [0.29, 0.717) is 10.6 Å². The SMILES string of the molecule is N#C/C(N=Cc1ccc(Cl)cc1)=C(\C#N)NC(=O)Nc1ccc(OC(F)(F)F)cc1. The van der Waals surface area contributed by atoms with Gasteiger partial charge in [-0.3, -0.25) is 5.32 Å². The molecule has 2 aromatic rings. The largest absolute Gasteiger partial charge is 0.573 e. The van der Waals surface area contributed by atoms with Crippen LogP contribution in [0, 0.1) is 22.7 Å². The maximum Gasteiger partial charge on any atom is 0.573 e. The van der Waals surface area contributed by atoms with E-state index in [1.165, 1.54) is 18.3 Å². The first kappa shape index (κ1) is 22.3. The van der Waals surface area contributed by atoms with E-state index >= 15 is 0 Å². The third-order valence-corrected chi connectivity index (χ3v) is 3.50. The molecule has 2 rings (SSSR count). The molecular weight excluding hydrogens is 423 g/mol. The third-order valence-electron chi connectivity index (χ3n) is 3.25. The van der Waals surface area contributed by atoms with Gasteiger partial charge in [-0.05, 0) is 42.0 Å². The Bertz CT molecular complexity index is 1050. The molecule has 7 nitrogen and oxygen atoms in total.